The Hall–Kier alpha value is -2.95. The van der Waals surface area contributed by atoms with Crippen LogP contribution in [0.5, 0.6) is 5.75 Å². The van der Waals surface area contributed by atoms with Gasteiger partial charge in [0.05, 0.1) is 4.90 Å². The van der Waals surface area contributed by atoms with E-state index in [0.717, 1.165) is 5.56 Å². The number of nitrogens with zero attached hydrogens (tertiary/aromatic N) is 4. The van der Waals surface area contributed by atoms with Gasteiger partial charge in [0.15, 0.2) is 6.61 Å². The number of ether oxygens (including phenoxy) is 1. The van der Waals surface area contributed by atoms with Gasteiger partial charge in [0.25, 0.3) is 5.91 Å². The lowest BCUT2D eigenvalue weighted by atomic mass is 10.2. The molecule has 4 rings (SSSR count). The van der Waals surface area contributed by atoms with E-state index in [-0.39, 0.29) is 30.5 Å². The number of sulfonamides is 1. The van der Waals surface area contributed by atoms with Gasteiger partial charge in [-0.05, 0) is 48.5 Å². The van der Waals surface area contributed by atoms with Crippen LogP contribution in [-0.4, -0.2) is 66.5 Å². The Morgan fingerprint density at radius 2 is 1.71 bits per heavy atom. The third-order valence-corrected chi connectivity index (χ3v) is 7.03. The number of hydrogen-bond donors (Lipinski definition) is 0. The molecule has 0 atom stereocenters. The molecular weight excluding hydrogens is 444 g/mol. The van der Waals surface area contributed by atoms with Crippen LogP contribution < -0.4 is 4.74 Å². The summed E-state index contributed by atoms with van der Waals surface area (Å²) in [5, 5.41) is 7.93. The van der Waals surface area contributed by atoms with Gasteiger partial charge in [0.2, 0.25) is 22.3 Å². The molecule has 2 heterocycles. The molecule has 1 aliphatic heterocycles. The van der Waals surface area contributed by atoms with E-state index >= 15 is 0 Å². The molecule has 0 aliphatic carbocycles. The van der Waals surface area contributed by atoms with E-state index in [9.17, 15) is 13.2 Å². The summed E-state index contributed by atoms with van der Waals surface area (Å²) in [5.41, 5.74) is 0.745. The summed E-state index contributed by atoms with van der Waals surface area (Å²) in [7, 11) is -3.62. The van der Waals surface area contributed by atoms with Crippen molar-refractivity contribution in [3.8, 4) is 17.2 Å². The van der Waals surface area contributed by atoms with E-state index in [2.05, 4.69) is 10.2 Å². The SMILES string of the molecule is O=C(COc1ccc(-c2nnco2)cc1)N1CCN(S(=O)(=O)c2ccc(Cl)cc2)CC1. The molecule has 1 aromatic heterocycles. The monoisotopic (exact) mass is 462 g/mol. The molecular formula is C20H19ClN4O5S. The fourth-order valence-electron chi connectivity index (χ4n) is 3.16. The van der Waals surface area contributed by atoms with Crippen molar-refractivity contribution in [1.29, 1.82) is 0 Å². The highest BCUT2D eigenvalue weighted by molar-refractivity contribution is 7.89. The van der Waals surface area contributed by atoms with Crippen LogP contribution in [0.4, 0.5) is 0 Å². The summed E-state index contributed by atoms with van der Waals surface area (Å²) in [6.07, 6.45) is 1.25. The Morgan fingerprint density at radius 1 is 1.03 bits per heavy atom. The minimum absolute atomic E-state index is 0.135. The van der Waals surface area contributed by atoms with Crippen LogP contribution in [0.1, 0.15) is 0 Å². The minimum Gasteiger partial charge on any atom is -0.484 e. The van der Waals surface area contributed by atoms with E-state index < -0.39 is 10.0 Å². The quantitative estimate of drug-likeness (QED) is 0.553. The minimum atomic E-state index is -3.62. The summed E-state index contributed by atoms with van der Waals surface area (Å²) in [4.78, 5) is 14.3. The Labute approximate surface area is 184 Å². The molecule has 0 N–H and O–H groups in total. The van der Waals surface area contributed by atoms with Crippen LogP contribution >= 0.6 is 11.6 Å². The zero-order chi connectivity index (χ0) is 21.8. The lowest BCUT2D eigenvalue weighted by Gasteiger charge is -2.34. The third kappa shape index (κ3) is 4.87. The molecule has 1 aliphatic rings. The normalized spacial score (nSPS) is 15.1. The molecule has 0 spiro atoms. The fourth-order valence-corrected chi connectivity index (χ4v) is 4.71. The van der Waals surface area contributed by atoms with Gasteiger partial charge in [0, 0.05) is 36.8 Å². The summed E-state index contributed by atoms with van der Waals surface area (Å²) < 4.78 is 37.5. The molecule has 9 nitrogen and oxygen atoms in total. The van der Waals surface area contributed by atoms with Gasteiger partial charge in [0.1, 0.15) is 5.75 Å². The molecule has 0 radical (unpaired) electrons. The smallest absolute Gasteiger partial charge is 0.260 e. The molecule has 1 amide bonds. The number of aromatic nitrogens is 2. The number of carbonyl (C=O) groups excluding carboxylic acids is 1. The zero-order valence-corrected chi connectivity index (χ0v) is 17.9. The summed E-state index contributed by atoms with van der Waals surface area (Å²) in [6, 6.07) is 13.0. The molecule has 1 fully saturated rings. The van der Waals surface area contributed by atoms with Crippen LogP contribution in [0.25, 0.3) is 11.5 Å². The van der Waals surface area contributed by atoms with E-state index in [4.69, 9.17) is 20.8 Å². The molecule has 1 saturated heterocycles. The molecule has 11 heteroatoms. The summed E-state index contributed by atoms with van der Waals surface area (Å²) in [5.74, 6) is 0.721. The summed E-state index contributed by atoms with van der Waals surface area (Å²) >= 11 is 5.83. The standard InChI is InChI=1S/C20H19ClN4O5S/c21-16-3-7-18(8-4-16)31(27,28)25-11-9-24(10-12-25)19(26)13-29-17-5-1-15(2-6-17)20-23-22-14-30-20/h1-8,14H,9-13H2. The zero-order valence-electron chi connectivity index (χ0n) is 16.3. The molecule has 0 saturated carbocycles. The Kier molecular flexibility index (Phi) is 6.21. The number of amides is 1. The average molecular weight is 463 g/mol. The number of piperazine rings is 1. The van der Waals surface area contributed by atoms with Crippen molar-refractivity contribution >= 4 is 27.5 Å². The first-order valence-electron chi connectivity index (χ1n) is 9.46. The maximum atomic E-state index is 12.7. The van der Waals surface area contributed by atoms with Gasteiger partial charge in [-0.25, -0.2) is 8.42 Å². The van der Waals surface area contributed by atoms with Gasteiger partial charge in [-0.3, -0.25) is 4.79 Å². The topological polar surface area (TPSA) is 106 Å². The fraction of sp³-hybridized carbons (Fsp3) is 0.250. The van der Waals surface area contributed by atoms with Gasteiger partial charge in [-0.2, -0.15) is 4.31 Å². The lowest BCUT2D eigenvalue weighted by Crippen LogP contribution is -2.51. The molecule has 31 heavy (non-hydrogen) atoms. The Morgan fingerprint density at radius 3 is 2.32 bits per heavy atom. The third-order valence-electron chi connectivity index (χ3n) is 4.87. The number of carbonyl (C=O) groups is 1. The van der Waals surface area contributed by atoms with Crippen LogP contribution in [-0.2, 0) is 14.8 Å². The van der Waals surface area contributed by atoms with Crippen molar-refractivity contribution in [3.63, 3.8) is 0 Å². The Balaban J connectivity index is 1.29. The number of halogens is 1. The predicted molar refractivity (Wildman–Crippen MR) is 112 cm³/mol. The number of rotatable bonds is 6. The van der Waals surface area contributed by atoms with Gasteiger partial charge >= 0.3 is 0 Å². The summed E-state index contributed by atoms with van der Waals surface area (Å²) in [6.45, 7) is 0.894. The largest absolute Gasteiger partial charge is 0.484 e. The van der Waals surface area contributed by atoms with Crippen molar-refractivity contribution in [2.24, 2.45) is 0 Å². The van der Waals surface area contributed by atoms with Crippen molar-refractivity contribution in [2.45, 2.75) is 4.90 Å². The first-order valence-corrected chi connectivity index (χ1v) is 11.3. The van der Waals surface area contributed by atoms with Gasteiger partial charge in [-0.1, -0.05) is 11.6 Å². The first kappa shape index (κ1) is 21.3. The highest BCUT2D eigenvalue weighted by Gasteiger charge is 2.30. The van der Waals surface area contributed by atoms with Crippen LogP contribution in [0.15, 0.2) is 64.2 Å². The number of benzene rings is 2. The van der Waals surface area contributed by atoms with Crippen molar-refractivity contribution in [1.82, 2.24) is 19.4 Å². The van der Waals surface area contributed by atoms with E-state index in [1.807, 2.05) is 0 Å². The predicted octanol–water partition coefficient (Wildman–Crippen LogP) is 2.30. The Bertz CT molecular complexity index is 1130. The first-order chi connectivity index (χ1) is 14.9. The maximum absolute atomic E-state index is 12.7. The van der Waals surface area contributed by atoms with E-state index in [1.54, 1.807) is 41.3 Å². The second-order valence-corrected chi connectivity index (χ2v) is 9.17. The van der Waals surface area contributed by atoms with Crippen molar-refractivity contribution in [2.75, 3.05) is 32.8 Å². The molecule has 0 unspecified atom stereocenters. The molecule has 2 aromatic carbocycles. The van der Waals surface area contributed by atoms with Crippen molar-refractivity contribution in [3.05, 3.63) is 59.9 Å². The second-order valence-electron chi connectivity index (χ2n) is 6.80. The highest BCUT2D eigenvalue weighted by Crippen LogP contribution is 2.21. The van der Waals surface area contributed by atoms with Crippen LogP contribution in [0.2, 0.25) is 5.02 Å². The maximum Gasteiger partial charge on any atom is 0.260 e. The van der Waals surface area contributed by atoms with Gasteiger partial charge < -0.3 is 14.1 Å². The number of hydrogen-bond acceptors (Lipinski definition) is 7. The van der Waals surface area contributed by atoms with Crippen LogP contribution in [0.3, 0.4) is 0 Å². The van der Waals surface area contributed by atoms with Crippen LogP contribution in [0, 0.1) is 0 Å². The molecule has 162 valence electrons. The van der Waals surface area contributed by atoms with Crippen molar-refractivity contribution < 1.29 is 22.4 Å². The van der Waals surface area contributed by atoms with E-state index in [0.29, 0.717) is 29.8 Å². The second kappa shape index (κ2) is 9.04. The highest BCUT2D eigenvalue weighted by atomic mass is 35.5. The van der Waals surface area contributed by atoms with E-state index in [1.165, 1.54) is 22.8 Å². The molecule has 3 aromatic rings. The molecule has 0 bridgehead atoms. The lowest BCUT2D eigenvalue weighted by molar-refractivity contribution is -0.134. The average Bonchev–Trinajstić information content (AvgIpc) is 3.33. The van der Waals surface area contributed by atoms with Gasteiger partial charge in [-0.15, -0.1) is 10.2 Å².